The fraction of sp³-hybridized carbons (Fsp3) is 0.136. The van der Waals surface area contributed by atoms with Gasteiger partial charge in [-0.2, -0.15) is 0 Å². The standard InChI is InChI=1S/C22H23N/c1-4-5-6-8-11-18(2)23-19(3)20-14-16-22(17-15-20)21-12-9-7-10-13-21/h4-10,12-17H,2,11H2,1,3H3/b5-4-,8-6-,23-19+. The number of aliphatic imine (C=N–C) groups is 1. The van der Waals surface area contributed by atoms with Crippen molar-refractivity contribution in [3.05, 3.63) is 96.7 Å². The van der Waals surface area contributed by atoms with Crippen molar-refractivity contribution >= 4 is 5.71 Å². The summed E-state index contributed by atoms with van der Waals surface area (Å²) in [5.74, 6) is 0. The molecule has 2 aromatic rings. The van der Waals surface area contributed by atoms with Gasteiger partial charge in [-0.15, -0.1) is 0 Å². The van der Waals surface area contributed by atoms with E-state index in [1.54, 1.807) is 0 Å². The van der Waals surface area contributed by atoms with Crippen molar-refractivity contribution < 1.29 is 0 Å². The SMILES string of the molecule is C=C(C/C=C\C=C/C)/N=C(\C)c1ccc(-c2ccccc2)cc1. The smallest absolute Gasteiger partial charge is 0.0448 e. The van der Waals surface area contributed by atoms with Crippen LogP contribution in [0.15, 0.2) is 96.2 Å². The van der Waals surface area contributed by atoms with Crippen LogP contribution in [0.3, 0.4) is 0 Å². The molecule has 0 saturated carbocycles. The van der Waals surface area contributed by atoms with Gasteiger partial charge in [0.05, 0.1) is 0 Å². The van der Waals surface area contributed by atoms with Gasteiger partial charge in [-0.3, -0.25) is 4.99 Å². The summed E-state index contributed by atoms with van der Waals surface area (Å²) in [6.07, 6.45) is 8.86. The van der Waals surface area contributed by atoms with Crippen LogP contribution >= 0.6 is 0 Å². The number of rotatable bonds is 6. The second-order valence-electron chi connectivity index (χ2n) is 5.36. The second-order valence-corrected chi connectivity index (χ2v) is 5.36. The largest absolute Gasteiger partial charge is 0.258 e. The Morgan fingerprint density at radius 1 is 0.957 bits per heavy atom. The minimum atomic E-state index is 0.768. The molecule has 2 rings (SSSR count). The number of allylic oxidation sites excluding steroid dienone is 4. The molecule has 0 heterocycles. The van der Waals surface area contributed by atoms with Crippen LogP contribution in [0, 0.1) is 0 Å². The van der Waals surface area contributed by atoms with Gasteiger partial charge in [0.1, 0.15) is 0 Å². The third kappa shape index (κ3) is 5.23. The van der Waals surface area contributed by atoms with E-state index < -0.39 is 0 Å². The summed E-state index contributed by atoms with van der Waals surface area (Å²) < 4.78 is 0. The van der Waals surface area contributed by atoms with Gasteiger partial charge < -0.3 is 0 Å². The van der Waals surface area contributed by atoms with Gasteiger partial charge in [-0.25, -0.2) is 0 Å². The Morgan fingerprint density at radius 3 is 2.26 bits per heavy atom. The van der Waals surface area contributed by atoms with Crippen LogP contribution in [-0.4, -0.2) is 5.71 Å². The summed E-state index contributed by atoms with van der Waals surface area (Å²) >= 11 is 0. The van der Waals surface area contributed by atoms with E-state index in [2.05, 4.69) is 66.2 Å². The molecule has 0 aromatic heterocycles. The van der Waals surface area contributed by atoms with Gasteiger partial charge in [0.2, 0.25) is 0 Å². The van der Waals surface area contributed by atoms with Crippen LogP contribution in [0.2, 0.25) is 0 Å². The minimum Gasteiger partial charge on any atom is -0.258 e. The lowest BCUT2D eigenvalue weighted by molar-refractivity contribution is 1.17. The van der Waals surface area contributed by atoms with Crippen molar-refractivity contribution in [2.45, 2.75) is 20.3 Å². The van der Waals surface area contributed by atoms with Crippen LogP contribution in [0.5, 0.6) is 0 Å². The van der Waals surface area contributed by atoms with Gasteiger partial charge in [0.25, 0.3) is 0 Å². The predicted molar refractivity (Wildman–Crippen MR) is 102 cm³/mol. The molecule has 0 fully saturated rings. The third-order valence-electron chi connectivity index (χ3n) is 3.53. The first-order valence-corrected chi connectivity index (χ1v) is 7.87. The van der Waals surface area contributed by atoms with Crippen molar-refractivity contribution in [1.82, 2.24) is 0 Å². The van der Waals surface area contributed by atoms with Gasteiger partial charge in [0, 0.05) is 17.8 Å². The molecule has 0 aliphatic heterocycles. The van der Waals surface area contributed by atoms with Gasteiger partial charge >= 0.3 is 0 Å². The lowest BCUT2D eigenvalue weighted by atomic mass is 10.0. The fourth-order valence-electron chi connectivity index (χ4n) is 2.28. The number of hydrogen-bond donors (Lipinski definition) is 0. The quantitative estimate of drug-likeness (QED) is 0.445. The Kier molecular flexibility index (Phi) is 6.31. The van der Waals surface area contributed by atoms with E-state index in [9.17, 15) is 0 Å². The fourth-order valence-corrected chi connectivity index (χ4v) is 2.28. The van der Waals surface area contributed by atoms with Crippen LogP contribution in [-0.2, 0) is 0 Å². The number of benzene rings is 2. The number of hydrogen-bond acceptors (Lipinski definition) is 1. The summed E-state index contributed by atoms with van der Waals surface area (Å²) in [4.78, 5) is 4.59. The zero-order valence-electron chi connectivity index (χ0n) is 13.9. The van der Waals surface area contributed by atoms with E-state index in [0.29, 0.717) is 0 Å². The van der Waals surface area contributed by atoms with E-state index >= 15 is 0 Å². The monoisotopic (exact) mass is 301 g/mol. The lowest BCUT2D eigenvalue weighted by Gasteiger charge is -2.05. The molecule has 0 radical (unpaired) electrons. The van der Waals surface area contributed by atoms with Gasteiger partial charge in [0.15, 0.2) is 0 Å². The molecule has 0 aliphatic rings. The molecule has 0 unspecified atom stereocenters. The molecule has 23 heavy (non-hydrogen) atoms. The molecule has 2 aromatic carbocycles. The second kappa shape index (κ2) is 8.70. The highest BCUT2D eigenvalue weighted by molar-refractivity contribution is 5.99. The maximum absolute atomic E-state index is 4.59. The summed E-state index contributed by atoms with van der Waals surface area (Å²) in [6.45, 7) is 8.05. The Bertz CT molecular complexity index is 716. The third-order valence-corrected chi connectivity index (χ3v) is 3.53. The maximum Gasteiger partial charge on any atom is 0.0448 e. The molecular weight excluding hydrogens is 278 g/mol. The Labute approximate surface area is 139 Å². The Hall–Kier alpha value is -2.67. The van der Waals surface area contributed by atoms with E-state index in [1.807, 2.05) is 38.1 Å². The predicted octanol–water partition coefficient (Wildman–Crippen LogP) is 6.20. The zero-order valence-corrected chi connectivity index (χ0v) is 13.9. The first-order valence-electron chi connectivity index (χ1n) is 7.87. The topological polar surface area (TPSA) is 12.4 Å². The number of nitrogens with zero attached hydrogens (tertiary/aromatic N) is 1. The van der Waals surface area contributed by atoms with E-state index in [4.69, 9.17) is 0 Å². The summed E-state index contributed by atoms with van der Waals surface area (Å²) in [5.41, 5.74) is 5.44. The normalized spacial score (nSPS) is 12.2. The van der Waals surface area contributed by atoms with Gasteiger partial charge in [-0.05, 0) is 30.5 Å². The first-order chi connectivity index (χ1) is 11.2. The molecule has 116 valence electrons. The summed E-state index contributed by atoms with van der Waals surface area (Å²) in [7, 11) is 0. The van der Waals surface area contributed by atoms with Crippen molar-refractivity contribution in [2.75, 3.05) is 0 Å². The van der Waals surface area contributed by atoms with Crippen LogP contribution in [0.4, 0.5) is 0 Å². The molecule has 0 amide bonds. The molecule has 0 spiro atoms. The Morgan fingerprint density at radius 2 is 1.61 bits per heavy atom. The molecule has 0 N–H and O–H groups in total. The highest BCUT2D eigenvalue weighted by Crippen LogP contribution is 2.19. The lowest BCUT2D eigenvalue weighted by Crippen LogP contribution is -1.95. The van der Waals surface area contributed by atoms with Crippen molar-refractivity contribution in [2.24, 2.45) is 4.99 Å². The van der Waals surface area contributed by atoms with Crippen LogP contribution < -0.4 is 0 Å². The molecule has 0 saturated heterocycles. The highest BCUT2D eigenvalue weighted by atomic mass is 14.7. The molecule has 0 atom stereocenters. The summed E-state index contributed by atoms with van der Waals surface area (Å²) in [6, 6.07) is 18.9. The Balaban J connectivity index is 2.06. The van der Waals surface area contributed by atoms with E-state index in [0.717, 1.165) is 23.4 Å². The molecule has 0 bridgehead atoms. The van der Waals surface area contributed by atoms with Crippen molar-refractivity contribution in [1.29, 1.82) is 0 Å². The molecular formula is C22H23N. The van der Waals surface area contributed by atoms with Crippen molar-refractivity contribution in [3.8, 4) is 11.1 Å². The summed E-state index contributed by atoms with van der Waals surface area (Å²) in [5, 5.41) is 0. The first kappa shape index (κ1) is 16.7. The average molecular weight is 301 g/mol. The van der Waals surface area contributed by atoms with Crippen LogP contribution in [0.1, 0.15) is 25.8 Å². The van der Waals surface area contributed by atoms with Gasteiger partial charge in [-0.1, -0.05) is 85.5 Å². The van der Waals surface area contributed by atoms with E-state index in [1.165, 1.54) is 11.1 Å². The molecule has 1 heteroatoms. The van der Waals surface area contributed by atoms with E-state index in [-0.39, 0.29) is 0 Å². The molecule has 1 nitrogen and oxygen atoms in total. The maximum atomic E-state index is 4.59. The highest BCUT2D eigenvalue weighted by Gasteiger charge is 2.00. The zero-order chi connectivity index (χ0) is 16.5. The van der Waals surface area contributed by atoms with Crippen LogP contribution in [0.25, 0.3) is 11.1 Å². The molecule has 0 aliphatic carbocycles. The van der Waals surface area contributed by atoms with Crippen molar-refractivity contribution in [3.63, 3.8) is 0 Å². The average Bonchev–Trinajstić information content (AvgIpc) is 2.59. The minimum absolute atomic E-state index is 0.768.